The van der Waals surface area contributed by atoms with Crippen molar-refractivity contribution >= 4 is 11.8 Å². The minimum absolute atomic E-state index is 0.146. The average molecular weight is 271 g/mol. The zero-order valence-corrected chi connectivity index (χ0v) is 11.1. The van der Waals surface area contributed by atoms with Crippen LogP contribution < -0.4 is 0 Å². The van der Waals surface area contributed by atoms with Crippen molar-refractivity contribution in [3.8, 4) is 0 Å². The van der Waals surface area contributed by atoms with Gasteiger partial charge in [-0.1, -0.05) is 42.5 Å². The molecule has 1 aromatic rings. The molecule has 4 heteroatoms. The minimum atomic E-state index is -0.568. The predicted octanol–water partition coefficient (Wildman–Crippen LogP) is 1.67. The van der Waals surface area contributed by atoms with Crippen LogP contribution in [0, 0.1) is 11.8 Å². The highest BCUT2D eigenvalue weighted by molar-refractivity contribution is 6.05. The Kier molecular flexibility index (Phi) is 3.40. The Hall–Kier alpha value is -1.94. The largest absolute Gasteiger partial charge is 0.394 e. The van der Waals surface area contributed by atoms with Crippen LogP contribution in [-0.2, 0) is 9.59 Å². The summed E-state index contributed by atoms with van der Waals surface area (Å²) in [5, 5.41) is 9.65. The second-order valence-corrected chi connectivity index (χ2v) is 5.31. The molecular weight excluding hydrogens is 254 g/mol. The topological polar surface area (TPSA) is 57.6 Å². The number of carbonyl (C=O) groups excluding carboxylic acids is 2. The summed E-state index contributed by atoms with van der Waals surface area (Å²) >= 11 is 0. The molecule has 0 radical (unpaired) electrons. The van der Waals surface area contributed by atoms with E-state index in [-0.39, 0.29) is 30.3 Å². The molecule has 1 aliphatic carbocycles. The number of allylic oxidation sites excluding steroid dienone is 2. The summed E-state index contributed by atoms with van der Waals surface area (Å²) in [7, 11) is 0. The number of fused-ring (bicyclic) bond motifs is 1. The molecule has 4 nitrogen and oxygen atoms in total. The lowest BCUT2D eigenvalue weighted by Gasteiger charge is -2.25. The van der Waals surface area contributed by atoms with E-state index in [0.29, 0.717) is 12.8 Å². The van der Waals surface area contributed by atoms with Gasteiger partial charge >= 0.3 is 0 Å². The number of amides is 2. The summed E-state index contributed by atoms with van der Waals surface area (Å²) in [5.74, 6) is -0.782. The van der Waals surface area contributed by atoms with Gasteiger partial charge in [0, 0.05) is 0 Å². The van der Waals surface area contributed by atoms with Gasteiger partial charge in [-0.3, -0.25) is 14.5 Å². The lowest BCUT2D eigenvalue weighted by Crippen LogP contribution is -2.37. The van der Waals surface area contributed by atoms with Crippen molar-refractivity contribution in [3.63, 3.8) is 0 Å². The van der Waals surface area contributed by atoms with Crippen LogP contribution in [0.4, 0.5) is 0 Å². The monoisotopic (exact) mass is 271 g/mol. The smallest absolute Gasteiger partial charge is 0.234 e. The van der Waals surface area contributed by atoms with Gasteiger partial charge in [-0.05, 0) is 18.4 Å². The summed E-state index contributed by atoms with van der Waals surface area (Å²) in [4.78, 5) is 26.2. The Bertz CT molecular complexity index is 526. The van der Waals surface area contributed by atoms with Crippen molar-refractivity contribution in [3.05, 3.63) is 48.0 Å². The highest BCUT2D eigenvalue weighted by Gasteiger charge is 2.49. The molecule has 2 amide bonds. The maximum absolute atomic E-state index is 12.5. The Balaban J connectivity index is 1.93. The molecule has 20 heavy (non-hydrogen) atoms. The van der Waals surface area contributed by atoms with Crippen LogP contribution in [0.1, 0.15) is 24.4 Å². The number of hydrogen-bond acceptors (Lipinski definition) is 3. The van der Waals surface area contributed by atoms with E-state index in [2.05, 4.69) is 0 Å². The fourth-order valence-corrected chi connectivity index (χ4v) is 3.14. The molecule has 2 aliphatic rings. The molecule has 1 heterocycles. The van der Waals surface area contributed by atoms with Crippen molar-refractivity contribution in [2.75, 3.05) is 6.61 Å². The molecule has 0 saturated carbocycles. The molecule has 1 aromatic carbocycles. The Morgan fingerprint density at radius 2 is 1.60 bits per heavy atom. The Morgan fingerprint density at radius 1 is 1.05 bits per heavy atom. The quantitative estimate of drug-likeness (QED) is 0.672. The van der Waals surface area contributed by atoms with Gasteiger partial charge in [-0.25, -0.2) is 0 Å². The zero-order chi connectivity index (χ0) is 14.1. The summed E-state index contributed by atoms with van der Waals surface area (Å²) in [6.45, 7) is -0.242. The van der Waals surface area contributed by atoms with Crippen molar-refractivity contribution in [1.29, 1.82) is 0 Å². The number of rotatable bonds is 3. The van der Waals surface area contributed by atoms with Crippen LogP contribution in [-0.4, -0.2) is 28.4 Å². The van der Waals surface area contributed by atoms with Gasteiger partial charge in [0.05, 0.1) is 24.5 Å². The van der Waals surface area contributed by atoms with Gasteiger partial charge in [-0.15, -0.1) is 0 Å². The first-order chi connectivity index (χ1) is 9.74. The number of hydrogen-bond donors (Lipinski definition) is 1. The standard InChI is InChI=1S/C16H17NO3/c18-10-14(11-6-2-1-3-7-11)17-15(19)12-8-4-5-9-13(12)16(17)20/h1-7,12-14,18H,8-10H2/t12-,13+,14?. The first-order valence-corrected chi connectivity index (χ1v) is 6.91. The fraction of sp³-hybridized carbons (Fsp3) is 0.375. The van der Waals surface area contributed by atoms with Gasteiger partial charge in [0.25, 0.3) is 0 Å². The third-order valence-corrected chi connectivity index (χ3v) is 4.21. The van der Waals surface area contributed by atoms with Crippen LogP contribution in [0.3, 0.4) is 0 Å². The number of benzene rings is 1. The number of carbonyl (C=O) groups is 2. The second-order valence-electron chi connectivity index (χ2n) is 5.31. The zero-order valence-electron chi connectivity index (χ0n) is 11.1. The van der Waals surface area contributed by atoms with E-state index in [1.165, 1.54) is 4.90 Å². The second kappa shape index (κ2) is 5.21. The number of likely N-dealkylation sites (tertiary alicyclic amines) is 1. The number of aliphatic hydroxyl groups is 1. The molecule has 1 N–H and O–H groups in total. The molecule has 3 atom stereocenters. The van der Waals surface area contributed by atoms with Crippen molar-refractivity contribution in [1.82, 2.24) is 4.90 Å². The SMILES string of the molecule is O=C1[C@H]2CC=CC[C@H]2C(=O)N1C(CO)c1ccccc1. The third kappa shape index (κ3) is 1.96. The van der Waals surface area contributed by atoms with E-state index in [1.807, 2.05) is 42.5 Å². The summed E-state index contributed by atoms with van der Waals surface area (Å²) in [6, 6.07) is 8.66. The van der Waals surface area contributed by atoms with Crippen molar-refractivity contribution < 1.29 is 14.7 Å². The predicted molar refractivity (Wildman–Crippen MR) is 73.5 cm³/mol. The third-order valence-electron chi connectivity index (χ3n) is 4.21. The van der Waals surface area contributed by atoms with E-state index in [1.54, 1.807) is 0 Å². The molecule has 3 rings (SSSR count). The maximum atomic E-state index is 12.5. The fourth-order valence-electron chi connectivity index (χ4n) is 3.14. The molecule has 1 unspecified atom stereocenters. The minimum Gasteiger partial charge on any atom is -0.394 e. The van der Waals surface area contributed by atoms with E-state index in [0.717, 1.165) is 5.56 Å². The Morgan fingerprint density at radius 3 is 2.10 bits per heavy atom. The van der Waals surface area contributed by atoms with Gasteiger partial charge in [0.2, 0.25) is 11.8 Å². The van der Waals surface area contributed by atoms with Crippen LogP contribution >= 0.6 is 0 Å². The molecular formula is C16H17NO3. The number of nitrogens with zero attached hydrogens (tertiary/aromatic N) is 1. The summed E-state index contributed by atoms with van der Waals surface area (Å²) < 4.78 is 0. The lowest BCUT2D eigenvalue weighted by molar-refractivity contribution is -0.143. The van der Waals surface area contributed by atoms with Crippen LogP contribution in [0.5, 0.6) is 0 Å². The average Bonchev–Trinajstić information content (AvgIpc) is 2.75. The molecule has 1 saturated heterocycles. The lowest BCUT2D eigenvalue weighted by atomic mass is 9.85. The van der Waals surface area contributed by atoms with Crippen LogP contribution in [0.25, 0.3) is 0 Å². The van der Waals surface area contributed by atoms with E-state index >= 15 is 0 Å². The first kappa shape index (κ1) is 13.1. The highest BCUT2D eigenvalue weighted by atomic mass is 16.3. The number of aliphatic hydroxyl groups excluding tert-OH is 1. The van der Waals surface area contributed by atoms with Gasteiger partial charge < -0.3 is 5.11 Å². The van der Waals surface area contributed by atoms with Crippen molar-refractivity contribution in [2.45, 2.75) is 18.9 Å². The maximum Gasteiger partial charge on any atom is 0.234 e. The molecule has 0 aromatic heterocycles. The van der Waals surface area contributed by atoms with Gasteiger partial charge in [0.15, 0.2) is 0 Å². The molecule has 0 bridgehead atoms. The molecule has 1 fully saturated rings. The van der Waals surface area contributed by atoms with Crippen LogP contribution in [0.2, 0.25) is 0 Å². The number of imide groups is 1. The highest BCUT2D eigenvalue weighted by Crippen LogP contribution is 2.39. The molecule has 104 valence electrons. The molecule has 0 spiro atoms. The normalized spacial score (nSPS) is 26.8. The summed E-state index contributed by atoms with van der Waals surface area (Å²) in [6.07, 6.45) is 5.18. The summed E-state index contributed by atoms with van der Waals surface area (Å²) in [5.41, 5.74) is 0.795. The van der Waals surface area contributed by atoms with Crippen LogP contribution in [0.15, 0.2) is 42.5 Å². The van der Waals surface area contributed by atoms with Gasteiger partial charge in [-0.2, -0.15) is 0 Å². The van der Waals surface area contributed by atoms with Gasteiger partial charge in [0.1, 0.15) is 0 Å². The van der Waals surface area contributed by atoms with E-state index in [9.17, 15) is 14.7 Å². The Labute approximate surface area is 117 Å². The van der Waals surface area contributed by atoms with E-state index in [4.69, 9.17) is 0 Å². The van der Waals surface area contributed by atoms with Crippen molar-refractivity contribution in [2.24, 2.45) is 11.8 Å². The first-order valence-electron chi connectivity index (χ1n) is 6.91. The van der Waals surface area contributed by atoms with E-state index < -0.39 is 6.04 Å². The molecule has 1 aliphatic heterocycles.